The zero-order valence-electron chi connectivity index (χ0n) is 26.5. The lowest BCUT2D eigenvalue weighted by Gasteiger charge is -2.17. The predicted molar refractivity (Wildman–Crippen MR) is 169 cm³/mol. The van der Waals surface area contributed by atoms with Crippen molar-refractivity contribution in [2.24, 2.45) is 0 Å². The Balaban J connectivity index is 1.91. The van der Waals surface area contributed by atoms with E-state index in [-0.39, 0.29) is 18.2 Å². The molecule has 240 valence electrons. The first-order valence-corrected chi connectivity index (χ1v) is 17.1. The summed E-state index contributed by atoms with van der Waals surface area (Å²) in [5, 5.41) is 40.9. The lowest BCUT2D eigenvalue weighted by molar-refractivity contribution is -0.139. The van der Waals surface area contributed by atoms with Gasteiger partial charge in [-0.15, -0.1) is 0 Å². The molecule has 0 spiro atoms. The molecule has 0 aromatic carbocycles. The van der Waals surface area contributed by atoms with Gasteiger partial charge in [-0.1, -0.05) is 115 Å². The summed E-state index contributed by atoms with van der Waals surface area (Å²) >= 11 is 0. The van der Waals surface area contributed by atoms with E-state index < -0.39 is 18.3 Å². The van der Waals surface area contributed by atoms with Crippen LogP contribution in [0.5, 0.6) is 0 Å². The summed E-state index contributed by atoms with van der Waals surface area (Å²) in [5.41, 5.74) is 0.578. The molecule has 6 nitrogen and oxygen atoms in total. The van der Waals surface area contributed by atoms with Crippen LogP contribution in [0.15, 0.2) is 23.8 Å². The highest BCUT2D eigenvalue weighted by atomic mass is 16.5. The van der Waals surface area contributed by atoms with Gasteiger partial charge in [0.05, 0.1) is 24.4 Å². The molecule has 1 rings (SSSR count). The van der Waals surface area contributed by atoms with Gasteiger partial charge in [-0.2, -0.15) is 0 Å². The standard InChI is InChI=1S/C35H64O6/c1-3-4-5-6-7-8-9-10-11-12-13-20-25-33(38)34(39)26-21-15-14-17-22-31(36)23-18-16-19-24-32(37)28-30-27-29(2)41-35(30)40/h14-15,27,29,31-34,36-39H,3-13,16-26,28H2,1-2H3/b15-14-/t29-,31-,32+,33+,34+/m0/s1. The van der Waals surface area contributed by atoms with E-state index in [1.165, 1.54) is 64.2 Å². The Labute approximate surface area is 251 Å². The average molecular weight is 581 g/mol. The molecule has 1 aliphatic rings. The fraction of sp³-hybridized carbons (Fsp3) is 0.857. The van der Waals surface area contributed by atoms with Crippen molar-refractivity contribution in [3.8, 4) is 0 Å². The predicted octanol–water partition coefficient (Wildman–Crippen LogP) is 7.85. The molecule has 0 aromatic heterocycles. The minimum absolute atomic E-state index is 0.195. The number of cyclic esters (lactones) is 1. The van der Waals surface area contributed by atoms with Crippen molar-refractivity contribution in [2.45, 2.75) is 192 Å². The number of aliphatic hydroxyl groups excluding tert-OH is 4. The summed E-state index contributed by atoms with van der Waals surface area (Å²) in [7, 11) is 0. The summed E-state index contributed by atoms with van der Waals surface area (Å²) in [4.78, 5) is 11.6. The second-order valence-corrected chi connectivity index (χ2v) is 12.4. The fourth-order valence-electron chi connectivity index (χ4n) is 5.59. The molecule has 0 aromatic rings. The summed E-state index contributed by atoms with van der Waals surface area (Å²) in [6.45, 7) is 4.08. The topological polar surface area (TPSA) is 107 Å². The number of esters is 1. The van der Waals surface area contributed by atoms with Gasteiger partial charge >= 0.3 is 5.97 Å². The number of hydrogen-bond acceptors (Lipinski definition) is 6. The number of carbonyl (C=O) groups excluding carboxylic acids is 1. The first-order valence-electron chi connectivity index (χ1n) is 17.1. The third kappa shape index (κ3) is 21.2. The smallest absolute Gasteiger partial charge is 0.334 e. The van der Waals surface area contributed by atoms with Crippen LogP contribution < -0.4 is 0 Å². The Morgan fingerprint density at radius 1 is 0.659 bits per heavy atom. The number of rotatable bonds is 28. The average Bonchev–Trinajstić information content (AvgIpc) is 3.26. The van der Waals surface area contributed by atoms with E-state index in [1.54, 1.807) is 6.08 Å². The lowest BCUT2D eigenvalue weighted by Crippen LogP contribution is -2.25. The molecule has 5 atom stereocenters. The Bertz CT molecular complexity index is 690. The van der Waals surface area contributed by atoms with Crippen molar-refractivity contribution in [2.75, 3.05) is 0 Å². The van der Waals surface area contributed by atoms with Crippen molar-refractivity contribution >= 4 is 5.97 Å². The molecule has 0 saturated heterocycles. The Kier molecular flexibility index (Phi) is 23.3. The van der Waals surface area contributed by atoms with Crippen LogP contribution in [0.2, 0.25) is 0 Å². The lowest BCUT2D eigenvalue weighted by atomic mass is 10.00. The Morgan fingerprint density at radius 3 is 1.68 bits per heavy atom. The monoisotopic (exact) mass is 580 g/mol. The van der Waals surface area contributed by atoms with Crippen molar-refractivity contribution in [1.82, 2.24) is 0 Å². The zero-order valence-corrected chi connectivity index (χ0v) is 26.5. The molecule has 0 radical (unpaired) electrons. The Hall–Kier alpha value is -1.21. The molecule has 1 heterocycles. The van der Waals surface area contributed by atoms with E-state index in [0.29, 0.717) is 31.3 Å². The highest BCUT2D eigenvalue weighted by molar-refractivity contribution is 5.90. The molecule has 0 fully saturated rings. The van der Waals surface area contributed by atoms with Gasteiger partial charge in [0.1, 0.15) is 6.10 Å². The number of aliphatic hydroxyl groups is 4. The van der Waals surface area contributed by atoms with Crippen molar-refractivity contribution < 1.29 is 30.0 Å². The quantitative estimate of drug-likeness (QED) is 0.0426. The maximum atomic E-state index is 11.6. The molecular formula is C35H64O6. The van der Waals surface area contributed by atoms with Crippen molar-refractivity contribution in [3.05, 3.63) is 23.8 Å². The van der Waals surface area contributed by atoms with Gasteiger partial charge in [0.25, 0.3) is 0 Å². The number of ether oxygens (including phenoxy) is 1. The molecule has 6 heteroatoms. The van der Waals surface area contributed by atoms with Crippen LogP contribution in [0, 0.1) is 0 Å². The van der Waals surface area contributed by atoms with E-state index in [1.807, 2.05) is 13.0 Å². The first kappa shape index (κ1) is 37.8. The third-order valence-corrected chi connectivity index (χ3v) is 8.28. The summed E-state index contributed by atoms with van der Waals surface area (Å²) in [6.07, 6.45) is 27.1. The summed E-state index contributed by atoms with van der Waals surface area (Å²) < 4.78 is 5.06. The second kappa shape index (κ2) is 25.3. The summed E-state index contributed by atoms with van der Waals surface area (Å²) in [5.74, 6) is -0.312. The second-order valence-electron chi connectivity index (χ2n) is 12.4. The molecule has 4 N–H and O–H groups in total. The molecular weight excluding hydrogens is 516 g/mol. The van der Waals surface area contributed by atoms with Gasteiger partial charge in [-0.25, -0.2) is 4.79 Å². The minimum atomic E-state index is -0.663. The van der Waals surface area contributed by atoms with Crippen LogP contribution in [0.25, 0.3) is 0 Å². The van der Waals surface area contributed by atoms with Crippen LogP contribution in [0.3, 0.4) is 0 Å². The van der Waals surface area contributed by atoms with Gasteiger partial charge < -0.3 is 25.2 Å². The molecule has 0 amide bonds. The number of hydrogen-bond donors (Lipinski definition) is 4. The van der Waals surface area contributed by atoms with Gasteiger partial charge in [0.2, 0.25) is 0 Å². The fourth-order valence-corrected chi connectivity index (χ4v) is 5.59. The van der Waals surface area contributed by atoms with E-state index >= 15 is 0 Å². The number of carbonyl (C=O) groups is 1. The van der Waals surface area contributed by atoms with Gasteiger partial charge in [-0.3, -0.25) is 0 Å². The van der Waals surface area contributed by atoms with E-state index in [4.69, 9.17) is 4.74 Å². The molecule has 0 unspecified atom stereocenters. The molecule has 1 aliphatic heterocycles. The molecule has 0 saturated carbocycles. The van der Waals surface area contributed by atoms with Crippen molar-refractivity contribution in [3.63, 3.8) is 0 Å². The van der Waals surface area contributed by atoms with E-state index in [0.717, 1.165) is 57.8 Å². The minimum Gasteiger partial charge on any atom is -0.455 e. The molecule has 0 aliphatic carbocycles. The largest absolute Gasteiger partial charge is 0.455 e. The van der Waals surface area contributed by atoms with Gasteiger partial charge in [-0.05, 0) is 57.9 Å². The number of allylic oxidation sites excluding steroid dienone is 2. The maximum absolute atomic E-state index is 11.6. The van der Waals surface area contributed by atoms with Crippen molar-refractivity contribution in [1.29, 1.82) is 0 Å². The third-order valence-electron chi connectivity index (χ3n) is 8.28. The molecule has 41 heavy (non-hydrogen) atoms. The van der Waals surface area contributed by atoms with E-state index in [9.17, 15) is 25.2 Å². The van der Waals surface area contributed by atoms with Crippen LogP contribution in [-0.2, 0) is 9.53 Å². The highest BCUT2D eigenvalue weighted by Gasteiger charge is 2.24. The van der Waals surface area contributed by atoms with Crippen LogP contribution in [-0.4, -0.2) is 56.9 Å². The maximum Gasteiger partial charge on any atom is 0.334 e. The molecule has 0 bridgehead atoms. The number of unbranched alkanes of at least 4 members (excludes halogenated alkanes) is 13. The zero-order chi connectivity index (χ0) is 30.1. The van der Waals surface area contributed by atoms with E-state index in [2.05, 4.69) is 13.0 Å². The van der Waals surface area contributed by atoms with Gasteiger partial charge in [0, 0.05) is 12.0 Å². The van der Waals surface area contributed by atoms with Crippen LogP contribution in [0.4, 0.5) is 0 Å². The SMILES string of the molecule is CCCCCCCCCCCCCC[C@@H](O)[C@H](O)CC/C=C\CC[C@H](O)CCCCC[C@@H](O)CC1=C[C@H](C)OC1=O. The van der Waals surface area contributed by atoms with Crippen LogP contribution in [0.1, 0.15) is 162 Å². The highest BCUT2D eigenvalue weighted by Crippen LogP contribution is 2.21. The van der Waals surface area contributed by atoms with Crippen LogP contribution >= 0.6 is 0 Å². The van der Waals surface area contributed by atoms with Gasteiger partial charge in [0.15, 0.2) is 0 Å². The Morgan fingerprint density at radius 2 is 1.12 bits per heavy atom. The summed E-state index contributed by atoms with van der Waals surface area (Å²) in [6, 6.07) is 0. The normalized spacial score (nSPS) is 18.4. The first-order chi connectivity index (χ1) is 19.8.